The van der Waals surface area contributed by atoms with Gasteiger partial charge >= 0.3 is 5.97 Å². The Bertz CT molecular complexity index is 365. The summed E-state index contributed by atoms with van der Waals surface area (Å²) >= 11 is 3.26. The van der Waals surface area contributed by atoms with Gasteiger partial charge in [0.2, 0.25) is 0 Å². The summed E-state index contributed by atoms with van der Waals surface area (Å²) in [4.78, 5) is 10.9. The highest BCUT2D eigenvalue weighted by Crippen LogP contribution is 2.15. The van der Waals surface area contributed by atoms with Crippen molar-refractivity contribution in [1.29, 1.82) is 0 Å². The largest absolute Gasteiger partial charge is 0.481 e. The van der Waals surface area contributed by atoms with Gasteiger partial charge in [0.1, 0.15) is 0 Å². The van der Waals surface area contributed by atoms with Crippen molar-refractivity contribution in [3.05, 3.63) is 28.7 Å². The molecule has 0 heterocycles. The summed E-state index contributed by atoms with van der Waals surface area (Å²) in [5, 5.41) is 8.42. The molecule has 0 saturated heterocycles. The molecule has 1 atom stereocenters. The Kier molecular flexibility index (Phi) is 4.28. The summed E-state index contributed by atoms with van der Waals surface area (Å²) in [6.45, 7) is 0. The van der Waals surface area contributed by atoms with Crippen molar-refractivity contribution in [3.63, 3.8) is 0 Å². The van der Waals surface area contributed by atoms with Crippen LogP contribution < -0.4 is 0 Å². The van der Waals surface area contributed by atoms with Gasteiger partial charge in [-0.15, -0.1) is 0 Å². The van der Waals surface area contributed by atoms with E-state index >= 15 is 0 Å². The van der Waals surface area contributed by atoms with E-state index in [0.717, 1.165) is 4.47 Å². The van der Waals surface area contributed by atoms with Gasteiger partial charge in [0, 0.05) is 15.1 Å². The van der Waals surface area contributed by atoms with Crippen molar-refractivity contribution >= 4 is 32.7 Å². The zero-order valence-corrected chi connectivity index (χ0v) is 9.68. The molecule has 0 aliphatic carbocycles. The third-order valence-electron chi connectivity index (χ3n) is 1.56. The van der Waals surface area contributed by atoms with E-state index in [2.05, 4.69) is 15.9 Å². The van der Waals surface area contributed by atoms with Crippen molar-refractivity contribution in [2.45, 2.75) is 11.3 Å². The first-order valence-corrected chi connectivity index (χ1v) is 6.06. The van der Waals surface area contributed by atoms with Gasteiger partial charge in [-0.1, -0.05) is 22.0 Å². The Morgan fingerprint density at radius 2 is 2.21 bits per heavy atom. The first kappa shape index (κ1) is 11.4. The Labute approximate surface area is 92.7 Å². The predicted octanol–water partition coefficient (Wildman–Crippen LogP) is 2.03. The van der Waals surface area contributed by atoms with Crippen LogP contribution in [0.25, 0.3) is 0 Å². The van der Waals surface area contributed by atoms with Gasteiger partial charge in [0.05, 0.1) is 17.2 Å². The zero-order valence-electron chi connectivity index (χ0n) is 7.27. The van der Waals surface area contributed by atoms with E-state index in [1.54, 1.807) is 18.2 Å². The normalized spacial score (nSPS) is 12.4. The van der Waals surface area contributed by atoms with Crippen LogP contribution in [0.15, 0.2) is 33.6 Å². The summed E-state index contributed by atoms with van der Waals surface area (Å²) < 4.78 is 12.4. The molecule has 5 heteroatoms. The van der Waals surface area contributed by atoms with Crippen LogP contribution >= 0.6 is 15.9 Å². The van der Waals surface area contributed by atoms with Gasteiger partial charge in [-0.2, -0.15) is 0 Å². The third-order valence-corrected chi connectivity index (χ3v) is 3.41. The summed E-state index contributed by atoms with van der Waals surface area (Å²) in [6.07, 6.45) is -0.0703. The maximum absolute atomic E-state index is 11.5. The molecule has 76 valence electrons. The maximum Gasteiger partial charge on any atom is 0.304 e. The van der Waals surface area contributed by atoms with Crippen LogP contribution in [0.3, 0.4) is 0 Å². The number of hydrogen-bond donors (Lipinski definition) is 1. The summed E-state index contributed by atoms with van der Waals surface area (Å²) in [7, 11) is -1.23. The van der Waals surface area contributed by atoms with Crippen molar-refractivity contribution < 1.29 is 14.1 Å². The number of rotatable bonds is 4. The van der Waals surface area contributed by atoms with Gasteiger partial charge in [-0.3, -0.25) is 9.00 Å². The average molecular weight is 277 g/mol. The van der Waals surface area contributed by atoms with E-state index in [-0.39, 0.29) is 12.2 Å². The minimum Gasteiger partial charge on any atom is -0.481 e. The standard InChI is InChI=1S/C9H9BrO3S/c10-7-2-1-3-8(6-7)14(13)5-4-9(11)12/h1-3,6H,4-5H2,(H,11,12). The van der Waals surface area contributed by atoms with Crippen molar-refractivity contribution in [2.24, 2.45) is 0 Å². The van der Waals surface area contributed by atoms with E-state index < -0.39 is 16.8 Å². The lowest BCUT2D eigenvalue weighted by Gasteiger charge is -2.00. The van der Waals surface area contributed by atoms with E-state index in [4.69, 9.17) is 5.11 Å². The van der Waals surface area contributed by atoms with E-state index in [1.165, 1.54) is 0 Å². The predicted molar refractivity (Wildman–Crippen MR) is 57.7 cm³/mol. The summed E-state index contributed by atoms with van der Waals surface area (Å²) in [5.74, 6) is -0.764. The lowest BCUT2D eigenvalue weighted by atomic mass is 10.4. The number of carbonyl (C=O) groups is 1. The first-order chi connectivity index (χ1) is 6.59. The molecule has 1 N–H and O–H groups in total. The summed E-state index contributed by atoms with van der Waals surface area (Å²) in [6, 6.07) is 7.07. The lowest BCUT2D eigenvalue weighted by Crippen LogP contribution is -2.04. The molecule has 1 unspecified atom stereocenters. The second-order valence-electron chi connectivity index (χ2n) is 2.65. The fourth-order valence-corrected chi connectivity index (χ4v) is 2.54. The van der Waals surface area contributed by atoms with Crippen molar-refractivity contribution in [2.75, 3.05) is 5.75 Å². The molecule has 0 aliphatic rings. The highest BCUT2D eigenvalue weighted by atomic mass is 79.9. The number of carboxylic acids is 1. The highest BCUT2D eigenvalue weighted by molar-refractivity contribution is 9.10. The molecule has 14 heavy (non-hydrogen) atoms. The Hall–Kier alpha value is -0.680. The van der Waals surface area contributed by atoms with Crippen LogP contribution in [0.5, 0.6) is 0 Å². The van der Waals surface area contributed by atoms with Gasteiger partial charge in [0.15, 0.2) is 0 Å². The molecule has 1 aromatic carbocycles. The van der Waals surface area contributed by atoms with Gasteiger partial charge < -0.3 is 5.11 Å². The highest BCUT2D eigenvalue weighted by Gasteiger charge is 2.06. The topological polar surface area (TPSA) is 54.4 Å². The number of halogens is 1. The Morgan fingerprint density at radius 3 is 2.79 bits per heavy atom. The third kappa shape index (κ3) is 3.59. The first-order valence-electron chi connectivity index (χ1n) is 3.95. The molecule has 3 nitrogen and oxygen atoms in total. The van der Waals surface area contributed by atoms with E-state index in [0.29, 0.717) is 4.90 Å². The number of aliphatic carboxylic acids is 1. The molecular formula is C9H9BrO3S. The zero-order chi connectivity index (χ0) is 10.6. The van der Waals surface area contributed by atoms with Crippen molar-refractivity contribution in [1.82, 2.24) is 0 Å². The monoisotopic (exact) mass is 276 g/mol. The van der Waals surface area contributed by atoms with E-state index in [9.17, 15) is 9.00 Å². The smallest absolute Gasteiger partial charge is 0.304 e. The molecule has 0 amide bonds. The van der Waals surface area contributed by atoms with Crippen LogP contribution in [-0.2, 0) is 15.6 Å². The molecule has 0 aliphatic heterocycles. The Balaban J connectivity index is 2.65. The van der Waals surface area contributed by atoms with Gasteiger partial charge in [0.25, 0.3) is 0 Å². The fraction of sp³-hybridized carbons (Fsp3) is 0.222. The van der Waals surface area contributed by atoms with Crippen LogP contribution in [-0.4, -0.2) is 21.0 Å². The van der Waals surface area contributed by atoms with Crippen LogP contribution in [0, 0.1) is 0 Å². The average Bonchev–Trinajstić information content (AvgIpc) is 2.14. The molecule has 0 saturated carbocycles. The summed E-state index contributed by atoms with van der Waals surface area (Å²) in [5.41, 5.74) is 0. The SMILES string of the molecule is O=C(O)CCS(=O)c1cccc(Br)c1. The van der Waals surface area contributed by atoms with E-state index in [1.807, 2.05) is 6.07 Å². The second-order valence-corrected chi connectivity index (χ2v) is 5.14. The molecule has 1 rings (SSSR count). The fourth-order valence-electron chi connectivity index (χ4n) is 0.906. The lowest BCUT2D eigenvalue weighted by molar-refractivity contribution is -0.136. The maximum atomic E-state index is 11.5. The van der Waals surface area contributed by atoms with Crippen LogP contribution in [0.4, 0.5) is 0 Å². The van der Waals surface area contributed by atoms with Crippen LogP contribution in [0.1, 0.15) is 6.42 Å². The number of benzene rings is 1. The molecule has 0 aromatic heterocycles. The molecular weight excluding hydrogens is 268 g/mol. The van der Waals surface area contributed by atoms with Crippen molar-refractivity contribution in [3.8, 4) is 0 Å². The number of hydrogen-bond acceptors (Lipinski definition) is 2. The molecule has 0 fully saturated rings. The molecule has 0 bridgehead atoms. The van der Waals surface area contributed by atoms with Gasteiger partial charge in [-0.25, -0.2) is 0 Å². The minimum atomic E-state index is -1.23. The Morgan fingerprint density at radius 1 is 1.50 bits per heavy atom. The number of carboxylic acid groups (broad SMARTS) is 1. The molecule has 1 aromatic rings. The minimum absolute atomic E-state index is 0.0703. The van der Waals surface area contributed by atoms with Gasteiger partial charge in [-0.05, 0) is 18.2 Å². The van der Waals surface area contributed by atoms with Crippen LogP contribution in [0.2, 0.25) is 0 Å². The molecule has 0 spiro atoms. The second kappa shape index (κ2) is 5.26. The molecule has 0 radical (unpaired) electrons. The quantitative estimate of drug-likeness (QED) is 0.916.